The first-order chi connectivity index (χ1) is 10.0. The van der Waals surface area contributed by atoms with Gasteiger partial charge in [-0.15, -0.1) is 0 Å². The molecule has 0 aliphatic heterocycles. The topological polar surface area (TPSA) is 30.7 Å². The van der Waals surface area contributed by atoms with Crippen LogP contribution in [0.4, 0.5) is 13.2 Å². The number of benzene rings is 1. The maximum atomic E-state index is 12.9. The van der Waals surface area contributed by atoms with Crippen LogP contribution in [0.2, 0.25) is 0 Å². The predicted octanol–water partition coefficient (Wildman–Crippen LogP) is 4.02. The molecule has 1 heterocycles. The van der Waals surface area contributed by atoms with Gasteiger partial charge in [-0.2, -0.15) is 18.3 Å². The minimum Gasteiger partial charge on any atom is -0.223 e. The number of halogens is 3. The molecule has 0 spiro atoms. The molecule has 21 heavy (non-hydrogen) atoms. The van der Waals surface area contributed by atoms with E-state index in [1.165, 1.54) is 30.2 Å². The molecular weight excluding hydrogens is 279 g/mol. The molecule has 0 bridgehead atoms. The van der Waals surface area contributed by atoms with Crippen molar-refractivity contribution in [1.82, 2.24) is 14.8 Å². The van der Waals surface area contributed by atoms with Crippen molar-refractivity contribution in [3.63, 3.8) is 0 Å². The van der Waals surface area contributed by atoms with Gasteiger partial charge in [-0.05, 0) is 36.5 Å². The standard InChI is InChI=1S/C15H16F3N3/c16-15(17,18)13-7-6-12(3-1-2-11-4-5-11)14(8-13)21-10-19-9-20-21/h6-11H,1-5H2. The second-order valence-corrected chi connectivity index (χ2v) is 5.52. The highest BCUT2D eigenvalue weighted by Gasteiger charge is 2.31. The maximum absolute atomic E-state index is 12.9. The first kappa shape index (κ1) is 14.1. The Morgan fingerprint density at radius 1 is 1.24 bits per heavy atom. The van der Waals surface area contributed by atoms with Crippen LogP contribution in [0.1, 0.15) is 36.8 Å². The van der Waals surface area contributed by atoms with Crippen LogP contribution in [0.15, 0.2) is 30.9 Å². The Hall–Kier alpha value is -1.85. The normalized spacial score (nSPS) is 15.4. The summed E-state index contributed by atoms with van der Waals surface area (Å²) < 4.78 is 40.0. The third kappa shape index (κ3) is 3.43. The van der Waals surface area contributed by atoms with E-state index in [-0.39, 0.29) is 0 Å². The summed E-state index contributed by atoms with van der Waals surface area (Å²) in [5, 5.41) is 3.96. The second kappa shape index (κ2) is 5.50. The molecule has 1 saturated carbocycles. The van der Waals surface area contributed by atoms with Gasteiger partial charge in [0.15, 0.2) is 0 Å². The Bertz CT molecular complexity index is 601. The van der Waals surface area contributed by atoms with E-state index in [0.29, 0.717) is 5.69 Å². The predicted molar refractivity (Wildman–Crippen MR) is 72.0 cm³/mol. The van der Waals surface area contributed by atoms with Crippen molar-refractivity contribution in [3.05, 3.63) is 42.0 Å². The number of rotatable bonds is 5. The monoisotopic (exact) mass is 295 g/mol. The molecule has 0 amide bonds. The summed E-state index contributed by atoms with van der Waals surface area (Å²) in [5.41, 5.74) is 0.700. The molecule has 1 aromatic heterocycles. The van der Waals surface area contributed by atoms with Crippen molar-refractivity contribution < 1.29 is 13.2 Å². The summed E-state index contributed by atoms with van der Waals surface area (Å²) in [6.07, 6.45) is 3.92. The largest absolute Gasteiger partial charge is 0.416 e. The molecule has 0 unspecified atom stereocenters. The summed E-state index contributed by atoms with van der Waals surface area (Å²) in [6.45, 7) is 0. The van der Waals surface area contributed by atoms with Gasteiger partial charge < -0.3 is 0 Å². The summed E-state index contributed by atoms with van der Waals surface area (Å²) in [5.74, 6) is 0.828. The van der Waals surface area contributed by atoms with E-state index in [0.717, 1.165) is 42.9 Å². The Kier molecular flexibility index (Phi) is 3.69. The van der Waals surface area contributed by atoms with Gasteiger partial charge in [0.25, 0.3) is 0 Å². The van der Waals surface area contributed by atoms with Crippen LogP contribution in [0.25, 0.3) is 5.69 Å². The molecule has 112 valence electrons. The summed E-state index contributed by atoms with van der Waals surface area (Å²) in [4.78, 5) is 3.82. The Morgan fingerprint density at radius 2 is 2.05 bits per heavy atom. The quantitative estimate of drug-likeness (QED) is 0.834. The van der Waals surface area contributed by atoms with E-state index in [1.54, 1.807) is 6.07 Å². The fourth-order valence-electron chi connectivity index (χ4n) is 2.49. The summed E-state index contributed by atoms with van der Waals surface area (Å²) in [7, 11) is 0. The van der Waals surface area contributed by atoms with Crippen molar-refractivity contribution in [2.45, 2.75) is 38.3 Å². The molecule has 1 aliphatic carbocycles. The van der Waals surface area contributed by atoms with Crippen molar-refractivity contribution in [2.75, 3.05) is 0 Å². The number of hydrogen-bond donors (Lipinski definition) is 0. The molecule has 1 fully saturated rings. The van der Waals surface area contributed by atoms with Crippen LogP contribution in [0, 0.1) is 5.92 Å². The smallest absolute Gasteiger partial charge is 0.223 e. The number of nitrogens with zero attached hydrogens (tertiary/aromatic N) is 3. The molecule has 1 aromatic carbocycles. The van der Waals surface area contributed by atoms with Gasteiger partial charge in [0, 0.05) is 0 Å². The van der Waals surface area contributed by atoms with E-state index in [4.69, 9.17) is 0 Å². The van der Waals surface area contributed by atoms with E-state index >= 15 is 0 Å². The second-order valence-electron chi connectivity index (χ2n) is 5.52. The van der Waals surface area contributed by atoms with Crippen molar-refractivity contribution in [2.24, 2.45) is 5.92 Å². The van der Waals surface area contributed by atoms with Crippen LogP contribution in [0.5, 0.6) is 0 Å². The molecule has 3 rings (SSSR count). The molecule has 0 radical (unpaired) electrons. The van der Waals surface area contributed by atoms with Crippen molar-refractivity contribution in [3.8, 4) is 5.69 Å². The van der Waals surface area contributed by atoms with Gasteiger partial charge in [-0.1, -0.05) is 25.3 Å². The van der Waals surface area contributed by atoms with Gasteiger partial charge in [-0.25, -0.2) is 9.67 Å². The highest BCUT2D eigenvalue weighted by Crippen LogP contribution is 2.35. The van der Waals surface area contributed by atoms with Gasteiger partial charge in [0.05, 0.1) is 11.3 Å². The lowest BCUT2D eigenvalue weighted by atomic mass is 10.0. The lowest BCUT2D eigenvalue weighted by Gasteiger charge is -2.13. The van der Waals surface area contributed by atoms with Crippen LogP contribution >= 0.6 is 0 Å². The first-order valence-corrected chi connectivity index (χ1v) is 7.09. The van der Waals surface area contributed by atoms with Crippen LogP contribution < -0.4 is 0 Å². The molecule has 0 N–H and O–H groups in total. The van der Waals surface area contributed by atoms with Gasteiger partial charge in [0.2, 0.25) is 0 Å². The third-order valence-electron chi connectivity index (χ3n) is 3.83. The minimum atomic E-state index is -4.35. The molecule has 0 saturated heterocycles. The summed E-state index contributed by atoms with van der Waals surface area (Å²) >= 11 is 0. The van der Waals surface area contributed by atoms with Gasteiger partial charge in [0.1, 0.15) is 12.7 Å². The van der Waals surface area contributed by atoms with Gasteiger partial charge in [-0.3, -0.25) is 0 Å². The maximum Gasteiger partial charge on any atom is 0.416 e. The molecule has 2 aromatic rings. The lowest BCUT2D eigenvalue weighted by Crippen LogP contribution is -2.08. The number of aryl methyl sites for hydroxylation is 1. The lowest BCUT2D eigenvalue weighted by molar-refractivity contribution is -0.137. The minimum absolute atomic E-state index is 0.470. The van der Waals surface area contributed by atoms with E-state index in [1.807, 2.05) is 0 Å². The Balaban J connectivity index is 1.86. The zero-order valence-corrected chi connectivity index (χ0v) is 11.5. The fourth-order valence-corrected chi connectivity index (χ4v) is 2.49. The van der Waals surface area contributed by atoms with E-state index in [9.17, 15) is 13.2 Å². The van der Waals surface area contributed by atoms with Crippen molar-refractivity contribution >= 4 is 0 Å². The average molecular weight is 295 g/mol. The number of alkyl halides is 3. The van der Waals surface area contributed by atoms with E-state index in [2.05, 4.69) is 10.1 Å². The number of hydrogen-bond acceptors (Lipinski definition) is 2. The molecular formula is C15H16F3N3. The van der Waals surface area contributed by atoms with Crippen LogP contribution in [-0.2, 0) is 12.6 Å². The molecule has 0 atom stereocenters. The number of aromatic nitrogens is 3. The summed E-state index contributed by atoms with van der Waals surface area (Å²) in [6, 6.07) is 3.86. The highest BCUT2D eigenvalue weighted by molar-refractivity contribution is 5.44. The van der Waals surface area contributed by atoms with Crippen molar-refractivity contribution in [1.29, 1.82) is 0 Å². The Morgan fingerprint density at radius 3 is 2.67 bits per heavy atom. The average Bonchev–Trinajstić information content (AvgIpc) is 3.10. The highest BCUT2D eigenvalue weighted by atomic mass is 19.4. The first-order valence-electron chi connectivity index (χ1n) is 7.09. The third-order valence-corrected chi connectivity index (χ3v) is 3.83. The Labute approximate surface area is 120 Å². The fraction of sp³-hybridized carbons (Fsp3) is 0.467. The van der Waals surface area contributed by atoms with Gasteiger partial charge >= 0.3 is 6.18 Å². The zero-order chi connectivity index (χ0) is 14.9. The van der Waals surface area contributed by atoms with E-state index < -0.39 is 11.7 Å². The molecule has 6 heteroatoms. The molecule has 3 nitrogen and oxygen atoms in total. The molecule has 1 aliphatic rings. The van der Waals surface area contributed by atoms with Crippen LogP contribution in [0.3, 0.4) is 0 Å². The zero-order valence-electron chi connectivity index (χ0n) is 11.5. The van der Waals surface area contributed by atoms with Crippen LogP contribution in [-0.4, -0.2) is 14.8 Å². The SMILES string of the molecule is FC(F)(F)c1ccc(CCCC2CC2)c(-n2cncn2)c1.